The number of nitrogens with two attached hydrogens (primary N) is 1. The highest BCUT2D eigenvalue weighted by Crippen LogP contribution is 2.36. The van der Waals surface area contributed by atoms with Gasteiger partial charge >= 0.3 is 0 Å². The van der Waals surface area contributed by atoms with Crippen molar-refractivity contribution in [3.63, 3.8) is 0 Å². The molecule has 0 aromatic heterocycles. The van der Waals surface area contributed by atoms with Gasteiger partial charge < -0.3 is 21.1 Å². The van der Waals surface area contributed by atoms with Gasteiger partial charge in [-0.2, -0.15) is 0 Å². The molecule has 1 aliphatic carbocycles. The van der Waals surface area contributed by atoms with Crippen molar-refractivity contribution < 1.29 is 19.5 Å². The van der Waals surface area contributed by atoms with E-state index >= 15 is 0 Å². The Labute approximate surface area is 214 Å². The zero-order valence-electron chi connectivity index (χ0n) is 19.3. The number of primary amides is 1. The van der Waals surface area contributed by atoms with Gasteiger partial charge in [0.25, 0.3) is 5.91 Å². The zero-order valence-corrected chi connectivity index (χ0v) is 20.8. The van der Waals surface area contributed by atoms with Crippen molar-refractivity contribution in [2.75, 3.05) is 13.1 Å². The highest BCUT2D eigenvalue weighted by Gasteiger charge is 2.37. The number of hydrogen-bond donors (Lipinski definition) is 3. The molecule has 0 unspecified atom stereocenters. The molecule has 0 bridgehead atoms. The average Bonchev–Trinajstić information content (AvgIpc) is 3.20. The van der Waals surface area contributed by atoms with Crippen LogP contribution in [0.3, 0.4) is 0 Å². The number of aliphatic hydroxyl groups excluding tert-OH is 1. The van der Waals surface area contributed by atoms with Gasteiger partial charge in [0.2, 0.25) is 11.8 Å². The lowest BCUT2D eigenvalue weighted by Crippen LogP contribution is -2.41. The fourth-order valence-electron chi connectivity index (χ4n) is 4.98. The SMILES string of the molecule is NC(=O)CNC(=O)c1ccc(-c2cc(Cl)c(C[C@@H]3CCN([C@H]4CC[C@H](O)CC4)C3=O)c(Cl)c2)cc1. The van der Waals surface area contributed by atoms with E-state index in [0.717, 1.165) is 55.3 Å². The molecule has 2 aliphatic rings. The number of benzene rings is 2. The van der Waals surface area contributed by atoms with Crippen molar-refractivity contribution in [1.82, 2.24) is 10.2 Å². The predicted octanol–water partition coefficient (Wildman–Crippen LogP) is 3.57. The van der Waals surface area contributed by atoms with Crippen LogP contribution in [0, 0.1) is 5.92 Å². The average molecular weight is 518 g/mol. The lowest BCUT2D eigenvalue weighted by atomic mass is 9.92. The topological polar surface area (TPSA) is 113 Å². The van der Waals surface area contributed by atoms with Gasteiger partial charge in [-0.3, -0.25) is 14.4 Å². The molecule has 9 heteroatoms. The lowest BCUT2D eigenvalue weighted by Gasteiger charge is -2.33. The van der Waals surface area contributed by atoms with Crippen LogP contribution in [-0.4, -0.2) is 53.0 Å². The van der Waals surface area contributed by atoms with Crippen molar-refractivity contribution in [3.05, 3.63) is 57.6 Å². The van der Waals surface area contributed by atoms with Gasteiger partial charge in [0.15, 0.2) is 0 Å². The maximum absolute atomic E-state index is 13.1. The highest BCUT2D eigenvalue weighted by atomic mass is 35.5. The summed E-state index contributed by atoms with van der Waals surface area (Å²) in [5.74, 6) is -1.00. The third-order valence-electron chi connectivity index (χ3n) is 6.95. The highest BCUT2D eigenvalue weighted by molar-refractivity contribution is 6.36. The Morgan fingerprint density at radius 2 is 1.63 bits per heavy atom. The number of nitrogens with zero attached hydrogens (tertiary/aromatic N) is 1. The third-order valence-corrected chi connectivity index (χ3v) is 7.63. The third kappa shape index (κ3) is 5.97. The van der Waals surface area contributed by atoms with E-state index in [9.17, 15) is 19.5 Å². The molecule has 7 nitrogen and oxygen atoms in total. The number of amides is 3. The molecule has 1 heterocycles. The first-order valence-corrected chi connectivity index (χ1v) is 12.6. The summed E-state index contributed by atoms with van der Waals surface area (Å²) in [6, 6.07) is 10.7. The van der Waals surface area contributed by atoms with E-state index < -0.39 is 5.91 Å². The van der Waals surface area contributed by atoms with Gasteiger partial charge in [0.05, 0.1) is 12.6 Å². The van der Waals surface area contributed by atoms with Crippen LogP contribution in [0.4, 0.5) is 0 Å². The largest absolute Gasteiger partial charge is 0.393 e. The predicted molar refractivity (Wildman–Crippen MR) is 135 cm³/mol. The number of nitrogens with one attached hydrogen (secondary N) is 1. The Balaban J connectivity index is 1.43. The van der Waals surface area contributed by atoms with Gasteiger partial charge in [0.1, 0.15) is 0 Å². The standard InChI is InChI=1S/C26H29Cl2N3O4/c27-22-12-18(15-1-3-16(4-2-15)25(34)30-14-24(29)33)13-23(28)21(22)11-17-9-10-31(26(17)35)19-5-7-20(32)8-6-19/h1-4,12-13,17,19-20,32H,5-11,14H2,(H2,29,33)(H,30,34)/t17-,19-,20-/m0/s1. The lowest BCUT2D eigenvalue weighted by molar-refractivity contribution is -0.133. The van der Waals surface area contributed by atoms with Crippen LogP contribution < -0.4 is 11.1 Å². The molecule has 4 N–H and O–H groups in total. The molecular formula is C26H29Cl2N3O4. The summed E-state index contributed by atoms with van der Waals surface area (Å²) < 4.78 is 0. The number of carbonyl (C=O) groups is 3. The van der Waals surface area contributed by atoms with Crippen LogP contribution in [0.1, 0.15) is 48.0 Å². The van der Waals surface area contributed by atoms with E-state index in [2.05, 4.69) is 5.32 Å². The molecule has 35 heavy (non-hydrogen) atoms. The molecule has 1 saturated heterocycles. The molecule has 1 atom stereocenters. The number of hydrogen-bond acceptors (Lipinski definition) is 4. The Bertz CT molecular complexity index is 1090. The second kappa shape index (κ2) is 11.0. The zero-order chi connectivity index (χ0) is 25.1. The number of carbonyl (C=O) groups excluding carboxylic acids is 3. The van der Waals surface area contributed by atoms with E-state index in [-0.39, 0.29) is 36.4 Å². The molecule has 2 fully saturated rings. The van der Waals surface area contributed by atoms with E-state index in [1.807, 2.05) is 17.0 Å². The van der Waals surface area contributed by atoms with Gasteiger partial charge in [-0.1, -0.05) is 35.3 Å². The van der Waals surface area contributed by atoms with Crippen molar-refractivity contribution in [1.29, 1.82) is 0 Å². The van der Waals surface area contributed by atoms with Gasteiger partial charge in [-0.15, -0.1) is 0 Å². The number of halogens is 2. The Morgan fingerprint density at radius 3 is 2.23 bits per heavy atom. The van der Waals surface area contributed by atoms with Crippen LogP contribution in [0.15, 0.2) is 36.4 Å². The summed E-state index contributed by atoms with van der Waals surface area (Å²) in [6.07, 6.45) is 4.20. The maximum Gasteiger partial charge on any atom is 0.251 e. The minimum Gasteiger partial charge on any atom is -0.393 e. The monoisotopic (exact) mass is 517 g/mol. The first-order valence-electron chi connectivity index (χ1n) is 11.9. The summed E-state index contributed by atoms with van der Waals surface area (Å²) in [5.41, 5.74) is 7.85. The maximum atomic E-state index is 13.1. The minimum atomic E-state index is -0.611. The number of aliphatic hydroxyl groups is 1. The van der Waals surface area contributed by atoms with E-state index in [4.69, 9.17) is 28.9 Å². The minimum absolute atomic E-state index is 0.146. The Morgan fingerprint density at radius 1 is 1.00 bits per heavy atom. The molecule has 3 amide bonds. The quantitative estimate of drug-likeness (QED) is 0.520. The van der Waals surface area contributed by atoms with Crippen molar-refractivity contribution in [2.24, 2.45) is 11.7 Å². The molecule has 2 aromatic rings. The molecule has 0 spiro atoms. The molecule has 4 rings (SSSR count). The molecule has 1 saturated carbocycles. The van der Waals surface area contributed by atoms with Crippen LogP contribution in [0.25, 0.3) is 11.1 Å². The van der Waals surface area contributed by atoms with Crippen molar-refractivity contribution in [2.45, 2.75) is 50.7 Å². The number of likely N-dealkylation sites (tertiary alicyclic amines) is 1. The Hall–Kier alpha value is -2.61. The molecule has 1 aliphatic heterocycles. The van der Waals surface area contributed by atoms with Crippen molar-refractivity contribution >= 4 is 40.9 Å². The van der Waals surface area contributed by atoms with Crippen LogP contribution in [0.2, 0.25) is 10.0 Å². The second-order valence-corrected chi connectivity index (χ2v) is 10.1. The molecule has 2 aromatic carbocycles. The number of rotatable bonds is 7. The summed E-state index contributed by atoms with van der Waals surface area (Å²) in [5, 5.41) is 13.2. The second-order valence-electron chi connectivity index (χ2n) is 9.33. The molecule has 0 radical (unpaired) electrons. The smallest absolute Gasteiger partial charge is 0.251 e. The van der Waals surface area contributed by atoms with E-state index in [1.54, 1.807) is 24.3 Å². The first-order chi connectivity index (χ1) is 16.7. The summed E-state index contributed by atoms with van der Waals surface area (Å²) in [4.78, 5) is 38.0. The van der Waals surface area contributed by atoms with Crippen molar-refractivity contribution in [3.8, 4) is 11.1 Å². The van der Waals surface area contributed by atoms with Crippen LogP contribution >= 0.6 is 23.2 Å². The van der Waals surface area contributed by atoms with Crippen LogP contribution in [0.5, 0.6) is 0 Å². The fraction of sp³-hybridized carbons (Fsp3) is 0.423. The van der Waals surface area contributed by atoms with Crippen LogP contribution in [-0.2, 0) is 16.0 Å². The fourth-order valence-corrected chi connectivity index (χ4v) is 5.62. The first kappa shape index (κ1) is 25.5. The van der Waals surface area contributed by atoms with Gasteiger partial charge in [-0.25, -0.2) is 0 Å². The summed E-state index contributed by atoms with van der Waals surface area (Å²) in [6.45, 7) is 0.509. The van der Waals surface area contributed by atoms with Gasteiger partial charge in [0, 0.05) is 34.1 Å². The normalized spacial score (nSPS) is 22.3. The summed E-state index contributed by atoms with van der Waals surface area (Å²) >= 11 is 13.2. The summed E-state index contributed by atoms with van der Waals surface area (Å²) in [7, 11) is 0. The molecular weight excluding hydrogens is 489 g/mol. The Kier molecular flexibility index (Phi) is 7.99. The van der Waals surface area contributed by atoms with E-state index in [1.165, 1.54) is 0 Å². The van der Waals surface area contributed by atoms with Gasteiger partial charge in [-0.05, 0) is 79.5 Å². The molecule has 186 valence electrons. The van der Waals surface area contributed by atoms with E-state index in [0.29, 0.717) is 22.0 Å².